The summed E-state index contributed by atoms with van der Waals surface area (Å²) >= 11 is 4.79. The van der Waals surface area contributed by atoms with E-state index in [4.69, 9.17) is 14.2 Å². The van der Waals surface area contributed by atoms with Gasteiger partial charge in [-0.15, -0.1) is 0 Å². The van der Waals surface area contributed by atoms with Gasteiger partial charge in [-0.3, -0.25) is 9.36 Å². The summed E-state index contributed by atoms with van der Waals surface area (Å²) in [6.45, 7) is 3.99. The molecular weight excluding hydrogens is 611 g/mol. The van der Waals surface area contributed by atoms with Crippen LogP contribution in [0.25, 0.3) is 6.08 Å². The minimum atomic E-state index is -0.679. The van der Waals surface area contributed by atoms with E-state index in [1.165, 1.54) is 29.1 Å². The molecule has 0 saturated heterocycles. The molecule has 1 unspecified atom stereocenters. The molecule has 5 rings (SSSR count). The fourth-order valence-electron chi connectivity index (χ4n) is 4.63. The van der Waals surface area contributed by atoms with E-state index < -0.39 is 12.0 Å². The van der Waals surface area contributed by atoms with Gasteiger partial charge >= 0.3 is 5.97 Å². The average molecular weight is 638 g/mol. The number of aromatic nitrogens is 1. The van der Waals surface area contributed by atoms with E-state index in [1.807, 2.05) is 37.3 Å². The highest BCUT2D eigenvalue weighted by atomic mass is 79.9. The first-order valence-electron chi connectivity index (χ1n) is 12.8. The van der Waals surface area contributed by atoms with Crippen molar-refractivity contribution in [3.63, 3.8) is 0 Å². The topological polar surface area (TPSA) is 79.1 Å². The summed E-state index contributed by atoms with van der Waals surface area (Å²) in [4.78, 5) is 31.7. The summed E-state index contributed by atoms with van der Waals surface area (Å²) in [7, 11) is 1.31. The van der Waals surface area contributed by atoms with E-state index in [0.29, 0.717) is 54.3 Å². The number of methoxy groups -OCH3 is 1. The summed E-state index contributed by atoms with van der Waals surface area (Å²) in [5.74, 6) is -0.0158. The fraction of sp³-hybridized carbons (Fsp3) is 0.194. The number of halogens is 2. The fourth-order valence-corrected chi connectivity index (χ4v) is 6.26. The molecule has 0 bridgehead atoms. The van der Waals surface area contributed by atoms with Gasteiger partial charge in [0.25, 0.3) is 5.56 Å². The lowest BCUT2D eigenvalue weighted by molar-refractivity contribution is -0.136. The van der Waals surface area contributed by atoms with Crippen molar-refractivity contribution in [3.05, 3.63) is 125 Å². The monoisotopic (exact) mass is 636 g/mol. The number of carbonyl (C=O) groups is 1. The lowest BCUT2D eigenvalue weighted by Gasteiger charge is -2.24. The summed E-state index contributed by atoms with van der Waals surface area (Å²) in [6, 6.07) is 18.6. The van der Waals surface area contributed by atoms with Crippen LogP contribution in [-0.4, -0.2) is 24.3 Å². The van der Waals surface area contributed by atoms with Gasteiger partial charge in [-0.2, -0.15) is 0 Å². The largest absolute Gasteiger partial charge is 0.490 e. The molecule has 3 aromatic carbocycles. The van der Waals surface area contributed by atoms with Crippen LogP contribution in [-0.2, 0) is 16.1 Å². The summed E-state index contributed by atoms with van der Waals surface area (Å²) in [5.41, 5.74) is 2.40. The Morgan fingerprint density at radius 3 is 2.56 bits per heavy atom. The number of allylic oxidation sites excluding steroid dienone is 1. The van der Waals surface area contributed by atoms with E-state index in [0.717, 1.165) is 5.56 Å². The molecule has 1 aromatic heterocycles. The lowest BCUT2D eigenvalue weighted by Crippen LogP contribution is -2.39. The SMILES string of the molecule is CCOc1cc(C=c2sc3n(c2=O)C(c2ccccc2)C(C(=O)OC)=C(C)N=3)cc(Br)c1OCc1ccccc1F. The third kappa shape index (κ3) is 5.75. The van der Waals surface area contributed by atoms with E-state index in [9.17, 15) is 14.0 Å². The number of hydrogen-bond acceptors (Lipinski definition) is 7. The molecule has 210 valence electrons. The van der Waals surface area contributed by atoms with Crippen molar-refractivity contribution in [3.8, 4) is 11.5 Å². The molecule has 1 atom stereocenters. The number of thiazole rings is 1. The molecule has 4 aromatic rings. The highest BCUT2D eigenvalue weighted by Crippen LogP contribution is 2.38. The molecule has 1 aliphatic rings. The Hall–Kier alpha value is -4.02. The molecule has 0 saturated carbocycles. The molecule has 0 fully saturated rings. The lowest BCUT2D eigenvalue weighted by atomic mass is 9.96. The zero-order valence-corrected chi connectivity index (χ0v) is 24.9. The Morgan fingerprint density at radius 2 is 1.85 bits per heavy atom. The van der Waals surface area contributed by atoms with E-state index in [1.54, 1.807) is 43.3 Å². The van der Waals surface area contributed by atoms with Crippen LogP contribution >= 0.6 is 27.3 Å². The van der Waals surface area contributed by atoms with Crippen LogP contribution in [0.15, 0.2) is 92.3 Å². The predicted octanol–water partition coefficient (Wildman–Crippen LogP) is 5.29. The van der Waals surface area contributed by atoms with E-state index in [-0.39, 0.29) is 18.0 Å². The maximum Gasteiger partial charge on any atom is 0.338 e. The molecular formula is C31H26BrFN2O5S. The van der Waals surface area contributed by atoms with Crippen LogP contribution in [0.1, 0.15) is 36.6 Å². The third-order valence-corrected chi connectivity index (χ3v) is 8.07. The second kappa shape index (κ2) is 12.2. The summed E-state index contributed by atoms with van der Waals surface area (Å²) < 4.78 is 33.5. The molecule has 0 spiro atoms. The van der Waals surface area contributed by atoms with Crippen LogP contribution in [0.5, 0.6) is 11.5 Å². The first-order chi connectivity index (χ1) is 19.8. The summed E-state index contributed by atoms with van der Waals surface area (Å²) in [6.07, 6.45) is 1.75. The smallest absolute Gasteiger partial charge is 0.338 e. The molecule has 7 nitrogen and oxygen atoms in total. The summed E-state index contributed by atoms with van der Waals surface area (Å²) in [5, 5.41) is 0. The Balaban J connectivity index is 1.58. The Labute approximate surface area is 248 Å². The van der Waals surface area contributed by atoms with Gasteiger partial charge in [0.2, 0.25) is 0 Å². The van der Waals surface area contributed by atoms with Gasteiger partial charge in [0, 0.05) is 5.56 Å². The first-order valence-corrected chi connectivity index (χ1v) is 14.4. The second-order valence-electron chi connectivity index (χ2n) is 9.13. The third-order valence-electron chi connectivity index (χ3n) is 6.50. The van der Waals surface area contributed by atoms with E-state index in [2.05, 4.69) is 20.9 Å². The highest BCUT2D eigenvalue weighted by Gasteiger charge is 2.33. The van der Waals surface area contributed by atoms with Crippen LogP contribution in [0.4, 0.5) is 4.39 Å². The molecule has 1 aliphatic heterocycles. The highest BCUT2D eigenvalue weighted by molar-refractivity contribution is 9.10. The van der Waals surface area contributed by atoms with Gasteiger partial charge in [0.05, 0.1) is 40.0 Å². The van der Waals surface area contributed by atoms with Crippen LogP contribution in [0.2, 0.25) is 0 Å². The second-order valence-corrected chi connectivity index (χ2v) is 11.0. The number of rotatable bonds is 8. The van der Waals surface area contributed by atoms with Crippen LogP contribution < -0.4 is 24.4 Å². The zero-order chi connectivity index (χ0) is 29.1. The molecule has 0 amide bonds. The standard InChI is InChI=1S/C31H26BrFN2O5S/c1-4-39-24-15-19(14-22(32)28(24)40-17-21-12-8-9-13-23(21)33)16-25-29(36)35-27(20-10-6-5-7-11-20)26(30(37)38-3)18(2)34-31(35)41-25/h5-16,27H,4,17H2,1-3H3. The minimum Gasteiger partial charge on any atom is -0.490 e. The van der Waals surface area contributed by atoms with Gasteiger partial charge in [-0.05, 0) is 65.2 Å². The van der Waals surface area contributed by atoms with Crippen LogP contribution in [0.3, 0.4) is 0 Å². The van der Waals surface area contributed by atoms with Gasteiger partial charge in [-0.1, -0.05) is 59.9 Å². The Kier molecular flexibility index (Phi) is 8.51. The van der Waals surface area contributed by atoms with E-state index >= 15 is 0 Å². The number of fused-ring (bicyclic) bond motifs is 1. The maximum atomic E-state index is 14.1. The van der Waals surface area contributed by atoms with Crippen molar-refractivity contribution in [2.24, 2.45) is 4.99 Å². The minimum absolute atomic E-state index is 0.0185. The Bertz CT molecular complexity index is 1830. The molecule has 0 radical (unpaired) electrons. The Morgan fingerprint density at radius 1 is 1.12 bits per heavy atom. The van der Waals surface area contributed by atoms with Crippen molar-refractivity contribution in [2.45, 2.75) is 26.5 Å². The number of nitrogens with zero attached hydrogens (tertiary/aromatic N) is 2. The average Bonchev–Trinajstić information content (AvgIpc) is 3.26. The van der Waals surface area contributed by atoms with Crippen molar-refractivity contribution >= 4 is 39.3 Å². The normalized spacial score (nSPS) is 14.9. The van der Waals surface area contributed by atoms with Crippen molar-refractivity contribution in [2.75, 3.05) is 13.7 Å². The molecule has 41 heavy (non-hydrogen) atoms. The van der Waals surface area contributed by atoms with Crippen LogP contribution in [0, 0.1) is 5.82 Å². The van der Waals surface area contributed by atoms with Gasteiger partial charge in [-0.25, -0.2) is 14.2 Å². The zero-order valence-electron chi connectivity index (χ0n) is 22.5. The molecule has 2 heterocycles. The quantitative estimate of drug-likeness (QED) is 0.246. The molecule has 0 aliphatic carbocycles. The van der Waals surface area contributed by atoms with Crippen molar-refractivity contribution in [1.29, 1.82) is 0 Å². The van der Waals surface area contributed by atoms with Crippen molar-refractivity contribution in [1.82, 2.24) is 4.57 Å². The van der Waals surface area contributed by atoms with Crippen molar-refractivity contribution < 1.29 is 23.4 Å². The van der Waals surface area contributed by atoms with Gasteiger partial charge < -0.3 is 14.2 Å². The van der Waals surface area contributed by atoms with Gasteiger partial charge in [0.15, 0.2) is 16.3 Å². The molecule has 10 heteroatoms. The first kappa shape index (κ1) is 28.5. The number of esters is 1. The number of hydrogen-bond donors (Lipinski definition) is 0. The number of benzene rings is 3. The van der Waals surface area contributed by atoms with Gasteiger partial charge in [0.1, 0.15) is 12.4 Å². The molecule has 0 N–H and O–H groups in total. The predicted molar refractivity (Wildman–Crippen MR) is 158 cm³/mol. The number of carbonyl (C=O) groups excluding carboxylic acids is 1. The number of ether oxygens (including phenoxy) is 3. The maximum absolute atomic E-state index is 14.1.